The Kier molecular flexibility index (Phi) is 21.4. The van der Waals surface area contributed by atoms with Crippen molar-refractivity contribution in [3.8, 4) is 23.3 Å². The maximum absolute atomic E-state index is 8.59. The van der Waals surface area contributed by atoms with E-state index in [0.29, 0.717) is 12.0 Å². The Morgan fingerprint density at radius 1 is 0.800 bits per heavy atom. The van der Waals surface area contributed by atoms with Crippen molar-refractivity contribution in [2.24, 2.45) is 0 Å². The zero-order valence-corrected chi connectivity index (χ0v) is 22.5. The number of hydrogen-bond acceptors (Lipinski definition) is 4. The third kappa shape index (κ3) is 14.1. The monoisotopic (exact) mass is 553 g/mol. The van der Waals surface area contributed by atoms with Crippen molar-refractivity contribution in [2.75, 3.05) is 7.11 Å². The van der Waals surface area contributed by atoms with Crippen LogP contribution < -0.4 is 14.8 Å². The molecule has 0 bridgehead atoms. The number of nitriles is 1. The topological polar surface area (TPSA) is 54.3 Å². The van der Waals surface area contributed by atoms with Gasteiger partial charge in [-0.05, 0) is 65.6 Å². The van der Waals surface area contributed by atoms with Crippen LogP contribution in [0.4, 0.5) is 0 Å². The van der Waals surface area contributed by atoms with Crippen LogP contribution >= 0.6 is 0 Å². The van der Waals surface area contributed by atoms with Crippen LogP contribution in [0.15, 0.2) is 72.8 Å². The summed E-state index contributed by atoms with van der Waals surface area (Å²) in [6.45, 7) is 9.36. The molecule has 3 aromatic carbocycles. The summed E-state index contributed by atoms with van der Waals surface area (Å²) in [7, 11) is 1.65. The van der Waals surface area contributed by atoms with Crippen LogP contribution in [0.3, 0.4) is 0 Å². The average Bonchev–Trinajstić information content (AvgIpc) is 2.79. The Hall–Kier alpha value is -2.19. The van der Waals surface area contributed by atoms with E-state index in [9.17, 15) is 0 Å². The minimum atomic E-state index is 0. The van der Waals surface area contributed by atoms with Crippen molar-refractivity contribution in [1.82, 2.24) is 5.32 Å². The second kappa shape index (κ2) is 20.1. The molecule has 0 spiro atoms. The maximum Gasteiger partial charge on any atom is 0.127 e. The van der Waals surface area contributed by atoms with Gasteiger partial charge in [0, 0.05) is 45.3 Å². The minimum absolute atomic E-state index is 0. The van der Waals surface area contributed by atoms with Crippen LogP contribution in [0.25, 0.3) is 0 Å². The molecule has 0 aliphatic heterocycles. The molecule has 0 aliphatic rings. The number of nitrogens with one attached hydrogen (secondary N) is 1. The first-order chi connectivity index (χ1) is 14.9. The van der Waals surface area contributed by atoms with Crippen molar-refractivity contribution in [3.05, 3.63) is 89.5 Å². The molecule has 5 heteroatoms. The summed E-state index contributed by atoms with van der Waals surface area (Å²) in [6.07, 6.45) is 0. The van der Waals surface area contributed by atoms with E-state index >= 15 is 0 Å². The molecular formula is C30H44N2O2Y. The van der Waals surface area contributed by atoms with Gasteiger partial charge in [-0.1, -0.05) is 74.2 Å². The van der Waals surface area contributed by atoms with E-state index in [1.54, 1.807) is 7.11 Å². The van der Waals surface area contributed by atoms with Gasteiger partial charge in [-0.3, -0.25) is 0 Å². The van der Waals surface area contributed by atoms with E-state index < -0.39 is 0 Å². The van der Waals surface area contributed by atoms with E-state index in [4.69, 9.17) is 14.7 Å². The number of ether oxygens (including phenoxy) is 2. The Morgan fingerprint density at radius 3 is 1.94 bits per heavy atom. The molecule has 0 heterocycles. The largest absolute Gasteiger partial charge is 0.497 e. The number of benzene rings is 3. The van der Waals surface area contributed by atoms with Crippen LogP contribution in [0, 0.1) is 11.3 Å². The Labute approximate surface area is 240 Å². The van der Waals surface area contributed by atoms with Crippen LogP contribution in [0.2, 0.25) is 0 Å². The van der Waals surface area contributed by atoms with Gasteiger partial charge < -0.3 is 14.8 Å². The summed E-state index contributed by atoms with van der Waals surface area (Å²) in [5.74, 6) is 2.98. The molecular weight excluding hydrogens is 509 g/mol. The molecule has 0 aliphatic carbocycles. The minimum Gasteiger partial charge on any atom is -0.497 e. The molecule has 0 saturated carbocycles. The average molecular weight is 554 g/mol. The Morgan fingerprint density at radius 2 is 1.40 bits per heavy atom. The maximum atomic E-state index is 8.59. The molecule has 0 fully saturated rings. The zero-order chi connectivity index (χ0) is 22.6. The van der Waals surface area contributed by atoms with Crippen LogP contribution in [-0.2, 0) is 39.3 Å². The molecule has 189 valence electrons. The molecule has 1 radical (unpaired) electrons. The molecule has 0 amide bonds. The quantitative estimate of drug-likeness (QED) is 0.318. The van der Waals surface area contributed by atoms with Gasteiger partial charge in [-0.2, -0.15) is 5.26 Å². The van der Waals surface area contributed by atoms with Crippen LogP contribution in [-0.4, -0.2) is 13.2 Å². The summed E-state index contributed by atoms with van der Waals surface area (Å²) in [4.78, 5) is 0. The van der Waals surface area contributed by atoms with Gasteiger partial charge in [-0.25, -0.2) is 0 Å². The third-order valence-corrected chi connectivity index (χ3v) is 4.59. The van der Waals surface area contributed by atoms with Gasteiger partial charge in [-0.15, -0.1) is 0 Å². The van der Waals surface area contributed by atoms with Gasteiger partial charge in [0.2, 0.25) is 0 Å². The van der Waals surface area contributed by atoms with Crippen molar-refractivity contribution >= 4 is 0 Å². The number of nitrogens with zero attached hydrogens (tertiary/aromatic N) is 1. The molecule has 0 saturated heterocycles. The van der Waals surface area contributed by atoms with E-state index in [0.717, 1.165) is 29.4 Å². The first-order valence-corrected chi connectivity index (χ1v) is 10.6. The van der Waals surface area contributed by atoms with Gasteiger partial charge >= 0.3 is 0 Å². The van der Waals surface area contributed by atoms with E-state index in [1.807, 2.05) is 60.7 Å². The smallest absolute Gasteiger partial charge is 0.127 e. The summed E-state index contributed by atoms with van der Waals surface area (Å²) in [6, 6.07) is 26.0. The summed E-state index contributed by atoms with van der Waals surface area (Å²) in [5, 5.41) is 12.0. The van der Waals surface area contributed by atoms with Crippen molar-refractivity contribution in [3.63, 3.8) is 0 Å². The molecule has 3 aromatic rings. The third-order valence-electron chi connectivity index (χ3n) is 4.59. The SMILES string of the molecule is C.C.C.CC(C)c1cccc(C#N)c1.COc1ccc(Oc2cccc(CNC(C)C)c2)cc1.[Y]. The predicted molar refractivity (Wildman–Crippen MR) is 147 cm³/mol. The fraction of sp³-hybridized carbons (Fsp3) is 0.367. The predicted octanol–water partition coefficient (Wildman–Crippen LogP) is 8.57. The molecule has 0 aromatic heterocycles. The van der Waals surface area contributed by atoms with Gasteiger partial charge in [0.25, 0.3) is 0 Å². The summed E-state index contributed by atoms with van der Waals surface area (Å²) < 4.78 is 11.0. The van der Waals surface area contributed by atoms with Crippen molar-refractivity contribution in [1.29, 1.82) is 5.26 Å². The van der Waals surface area contributed by atoms with E-state index in [1.165, 1.54) is 11.1 Å². The van der Waals surface area contributed by atoms with E-state index in [-0.39, 0.29) is 55.0 Å². The van der Waals surface area contributed by atoms with Crippen LogP contribution in [0.1, 0.15) is 72.6 Å². The summed E-state index contributed by atoms with van der Waals surface area (Å²) >= 11 is 0. The van der Waals surface area contributed by atoms with Crippen LogP contribution in [0.5, 0.6) is 17.2 Å². The number of rotatable bonds is 7. The van der Waals surface area contributed by atoms with Gasteiger partial charge in [0.15, 0.2) is 0 Å². The van der Waals surface area contributed by atoms with Crippen molar-refractivity contribution in [2.45, 2.75) is 68.5 Å². The normalized spacial score (nSPS) is 9.09. The standard InChI is InChI=1S/C17H21NO2.C10H11N.3CH4.Y/c1-13(2)18-12-14-5-4-6-17(11-14)20-16-9-7-15(19-3)8-10-16;1-8(2)10-5-3-4-9(6-10)7-11;;;;/h4-11,13,18H,12H2,1-3H3;3-6,8H,1-2H3;3*1H4;. The summed E-state index contributed by atoms with van der Waals surface area (Å²) in [5.41, 5.74) is 3.19. The molecule has 0 unspecified atom stereocenters. The molecule has 1 N–H and O–H groups in total. The fourth-order valence-electron chi connectivity index (χ4n) is 2.79. The first-order valence-electron chi connectivity index (χ1n) is 10.6. The Bertz CT molecular complexity index is 980. The van der Waals surface area contributed by atoms with Gasteiger partial charge in [0.05, 0.1) is 18.7 Å². The molecule has 4 nitrogen and oxygen atoms in total. The zero-order valence-electron chi connectivity index (χ0n) is 19.6. The Balaban J connectivity index is -0.000000595. The molecule has 35 heavy (non-hydrogen) atoms. The second-order valence-electron chi connectivity index (χ2n) is 7.85. The van der Waals surface area contributed by atoms with Gasteiger partial charge in [0.1, 0.15) is 17.2 Å². The number of hydrogen-bond donors (Lipinski definition) is 1. The molecule has 3 rings (SSSR count). The second-order valence-corrected chi connectivity index (χ2v) is 7.85. The van der Waals surface area contributed by atoms with E-state index in [2.05, 4.69) is 51.2 Å². The first kappa shape index (κ1) is 37.4. The number of methoxy groups -OCH3 is 1. The van der Waals surface area contributed by atoms with Crippen molar-refractivity contribution < 1.29 is 42.2 Å². The fourth-order valence-corrected chi connectivity index (χ4v) is 2.79. The molecule has 0 atom stereocenters.